The summed E-state index contributed by atoms with van der Waals surface area (Å²) in [5.74, 6) is -0.154. The number of nitrogens with zero attached hydrogens (tertiary/aromatic N) is 2. The lowest BCUT2D eigenvalue weighted by atomic mass is 10.1. The SMILES string of the molecule is CC[C@@H](CO)N(Cc1ccccn1)C(=O)c1ccc(C)c(Cl)c1. The molecule has 5 heteroatoms. The summed E-state index contributed by atoms with van der Waals surface area (Å²) in [6.07, 6.45) is 2.36. The number of hydrogen-bond acceptors (Lipinski definition) is 3. The van der Waals surface area contributed by atoms with Crippen LogP contribution in [-0.2, 0) is 6.54 Å². The summed E-state index contributed by atoms with van der Waals surface area (Å²) >= 11 is 6.14. The highest BCUT2D eigenvalue weighted by Gasteiger charge is 2.24. The van der Waals surface area contributed by atoms with Crippen LogP contribution < -0.4 is 0 Å². The molecule has 0 bridgehead atoms. The monoisotopic (exact) mass is 332 g/mol. The fraction of sp³-hybridized carbons (Fsp3) is 0.333. The maximum Gasteiger partial charge on any atom is 0.254 e. The number of halogens is 1. The molecule has 0 saturated carbocycles. The zero-order chi connectivity index (χ0) is 16.8. The Morgan fingerprint density at radius 1 is 1.35 bits per heavy atom. The molecule has 1 aromatic carbocycles. The van der Waals surface area contributed by atoms with E-state index in [9.17, 15) is 9.90 Å². The van der Waals surface area contributed by atoms with Gasteiger partial charge in [0, 0.05) is 16.8 Å². The highest BCUT2D eigenvalue weighted by atomic mass is 35.5. The molecule has 0 aliphatic heterocycles. The van der Waals surface area contributed by atoms with Crippen molar-refractivity contribution in [2.45, 2.75) is 32.9 Å². The summed E-state index contributed by atoms with van der Waals surface area (Å²) in [5, 5.41) is 10.2. The van der Waals surface area contributed by atoms with Crippen molar-refractivity contribution in [2.24, 2.45) is 0 Å². The first kappa shape index (κ1) is 17.4. The normalized spacial score (nSPS) is 12.0. The molecule has 2 aromatic rings. The van der Waals surface area contributed by atoms with Crippen LogP contribution in [0.4, 0.5) is 0 Å². The number of pyridine rings is 1. The smallest absolute Gasteiger partial charge is 0.254 e. The molecule has 0 saturated heterocycles. The quantitative estimate of drug-likeness (QED) is 0.881. The third-order valence-electron chi connectivity index (χ3n) is 3.86. The van der Waals surface area contributed by atoms with Gasteiger partial charge in [-0.05, 0) is 43.2 Å². The predicted octanol–water partition coefficient (Wildman–Crippen LogP) is 3.46. The van der Waals surface area contributed by atoms with E-state index in [0.29, 0.717) is 23.6 Å². The van der Waals surface area contributed by atoms with Crippen molar-refractivity contribution in [3.05, 3.63) is 64.4 Å². The Hall–Kier alpha value is -1.91. The molecule has 0 unspecified atom stereocenters. The number of carbonyl (C=O) groups is 1. The van der Waals surface area contributed by atoms with Gasteiger partial charge in [-0.1, -0.05) is 30.7 Å². The lowest BCUT2D eigenvalue weighted by Crippen LogP contribution is -2.41. The van der Waals surface area contributed by atoms with E-state index < -0.39 is 0 Å². The molecule has 0 radical (unpaired) electrons. The fourth-order valence-corrected chi connectivity index (χ4v) is 2.55. The van der Waals surface area contributed by atoms with Crippen molar-refractivity contribution in [1.82, 2.24) is 9.88 Å². The summed E-state index contributed by atoms with van der Waals surface area (Å²) in [7, 11) is 0. The average molecular weight is 333 g/mol. The van der Waals surface area contributed by atoms with Gasteiger partial charge >= 0.3 is 0 Å². The minimum Gasteiger partial charge on any atom is -0.394 e. The average Bonchev–Trinajstić information content (AvgIpc) is 2.58. The molecule has 0 aliphatic carbocycles. The summed E-state index contributed by atoms with van der Waals surface area (Å²) in [6.45, 7) is 4.10. The van der Waals surface area contributed by atoms with Gasteiger partial charge in [-0.2, -0.15) is 0 Å². The van der Waals surface area contributed by atoms with Crippen LogP contribution in [0.15, 0.2) is 42.6 Å². The second-order valence-corrected chi connectivity index (χ2v) is 5.87. The van der Waals surface area contributed by atoms with Crippen molar-refractivity contribution in [1.29, 1.82) is 0 Å². The third-order valence-corrected chi connectivity index (χ3v) is 4.27. The molecule has 1 atom stereocenters. The second-order valence-electron chi connectivity index (χ2n) is 5.46. The molecule has 0 aliphatic rings. The van der Waals surface area contributed by atoms with Gasteiger partial charge < -0.3 is 10.0 Å². The Morgan fingerprint density at radius 3 is 2.70 bits per heavy atom. The standard InChI is InChI=1S/C18H21ClN2O2/c1-3-16(12-22)21(11-15-6-4-5-9-20-15)18(23)14-8-7-13(2)17(19)10-14/h4-10,16,22H,3,11-12H2,1-2H3/t16-/m0/s1. The number of carbonyl (C=O) groups excluding carboxylic acids is 1. The van der Waals surface area contributed by atoms with Gasteiger partial charge in [0.15, 0.2) is 0 Å². The van der Waals surface area contributed by atoms with Crippen LogP contribution in [0.1, 0.15) is 35.0 Å². The molecule has 1 heterocycles. The lowest BCUT2D eigenvalue weighted by Gasteiger charge is -2.30. The molecule has 122 valence electrons. The second kappa shape index (κ2) is 8.09. The van der Waals surface area contributed by atoms with Crippen LogP contribution >= 0.6 is 11.6 Å². The Labute approximate surface area is 141 Å². The number of aliphatic hydroxyl groups is 1. The van der Waals surface area contributed by atoms with Gasteiger partial charge in [0.05, 0.1) is 24.9 Å². The van der Waals surface area contributed by atoms with E-state index in [2.05, 4.69) is 4.98 Å². The van der Waals surface area contributed by atoms with Gasteiger partial charge in [-0.15, -0.1) is 0 Å². The lowest BCUT2D eigenvalue weighted by molar-refractivity contribution is 0.0560. The van der Waals surface area contributed by atoms with Crippen LogP contribution in [0.25, 0.3) is 0 Å². The molecule has 23 heavy (non-hydrogen) atoms. The van der Waals surface area contributed by atoms with E-state index in [1.807, 2.05) is 38.1 Å². The first-order valence-electron chi connectivity index (χ1n) is 7.64. The van der Waals surface area contributed by atoms with Crippen LogP contribution in [0, 0.1) is 6.92 Å². The van der Waals surface area contributed by atoms with Crippen LogP contribution in [-0.4, -0.2) is 33.5 Å². The number of aryl methyl sites for hydroxylation is 1. The van der Waals surface area contributed by atoms with Crippen LogP contribution in [0.2, 0.25) is 5.02 Å². The maximum absolute atomic E-state index is 12.9. The summed E-state index contributed by atoms with van der Waals surface area (Å²) in [6, 6.07) is 10.6. The van der Waals surface area contributed by atoms with Crippen molar-refractivity contribution in [3.63, 3.8) is 0 Å². The van der Waals surface area contributed by atoms with Crippen molar-refractivity contribution in [3.8, 4) is 0 Å². The van der Waals surface area contributed by atoms with Crippen molar-refractivity contribution in [2.75, 3.05) is 6.61 Å². The Bertz CT molecular complexity index is 657. The van der Waals surface area contributed by atoms with Crippen molar-refractivity contribution >= 4 is 17.5 Å². The molecule has 4 nitrogen and oxygen atoms in total. The number of hydrogen-bond donors (Lipinski definition) is 1. The molecule has 1 aromatic heterocycles. The molecular weight excluding hydrogens is 312 g/mol. The van der Waals surface area contributed by atoms with E-state index in [4.69, 9.17) is 11.6 Å². The minimum atomic E-state index is -0.260. The zero-order valence-corrected chi connectivity index (χ0v) is 14.1. The number of aliphatic hydroxyl groups excluding tert-OH is 1. The Balaban J connectivity index is 2.31. The van der Waals surface area contributed by atoms with Crippen molar-refractivity contribution < 1.29 is 9.90 Å². The molecular formula is C18H21ClN2O2. The zero-order valence-electron chi connectivity index (χ0n) is 13.4. The van der Waals surface area contributed by atoms with Crippen LogP contribution in [0.5, 0.6) is 0 Å². The first-order valence-corrected chi connectivity index (χ1v) is 8.02. The van der Waals surface area contributed by atoms with Gasteiger partial charge in [-0.25, -0.2) is 0 Å². The molecule has 0 fully saturated rings. The number of aromatic nitrogens is 1. The molecule has 0 spiro atoms. The van der Waals surface area contributed by atoms with Gasteiger partial charge in [0.2, 0.25) is 0 Å². The van der Waals surface area contributed by atoms with E-state index >= 15 is 0 Å². The van der Waals surface area contributed by atoms with E-state index in [1.165, 1.54) is 0 Å². The summed E-state index contributed by atoms with van der Waals surface area (Å²) < 4.78 is 0. The van der Waals surface area contributed by atoms with E-state index in [1.54, 1.807) is 23.2 Å². The Kier molecular flexibility index (Phi) is 6.13. The fourth-order valence-electron chi connectivity index (χ4n) is 2.37. The largest absolute Gasteiger partial charge is 0.394 e. The highest BCUT2D eigenvalue weighted by molar-refractivity contribution is 6.31. The molecule has 1 amide bonds. The van der Waals surface area contributed by atoms with Gasteiger partial charge in [-0.3, -0.25) is 9.78 Å². The van der Waals surface area contributed by atoms with Crippen LogP contribution in [0.3, 0.4) is 0 Å². The predicted molar refractivity (Wildman–Crippen MR) is 91.5 cm³/mol. The number of amides is 1. The number of benzene rings is 1. The van der Waals surface area contributed by atoms with Gasteiger partial charge in [0.25, 0.3) is 5.91 Å². The first-order chi connectivity index (χ1) is 11.1. The van der Waals surface area contributed by atoms with Gasteiger partial charge in [0.1, 0.15) is 0 Å². The van der Waals surface area contributed by atoms with E-state index in [0.717, 1.165) is 11.3 Å². The Morgan fingerprint density at radius 2 is 2.13 bits per heavy atom. The highest BCUT2D eigenvalue weighted by Crippen LogP contribution is 2.20. The maximum atomic E-state index is 12.9. The molecule has 1 N–H and O–H groups in total. The molecule has 2 rings (SSSR count). The number of rotatable bonds is 6. The summed E-state index contributed by atoms with van der Waals surface area (Å²) in [4.78, 5) is 18.8. The minimum absolute atomic E-state index is 0.0886. The topological polar surface area (TPSA) is 53.4 Å². The summed E-state index contributed by atoms with van der Waals surface area (Å²) in [5.41, 5.74) is 2.23. The third kappa shape index (κ3) is 4.30. The van der Waals surface area contributed by atoms with E-state index in [-0.39, 0.29) is 18.6 Å².